The minimum atomic E-state index is 0. The third-order valence-corrected chi connectivity index (χ3v) is 2.80. The average molecular weight is 308 g/mol. The van der Waals surface area contributed by atoms with Gasteiger partial charge in [0.15, 0.2) is 0 Å². The fraction of sp³-hybridized carbons (Fsp3) is 0.300. The minimum Gasteiger partial charge on any atom is -1.00 e. The zero-order chi connectivity index (χ0) is 9.68. The Labute approximate surface area is 105 Å². The Hall–Kier alpha value is -0.207. The fourth-order valence-corrected chi connectivity index (χ4v) is 1.94. The third-order valence-electron chi connectivity index (χ3n) is 1.90. The summed E-state index contributed by atoms with van der Waals surface area (Å²) in [6.07, 6.45) is 0. The molecule has 0 radical (unpaired) electrons. The summed E-state index contributed by atoms with van der Waals surface area (Å²) in [6, 6.07) is 10.0. The molecule has 14 heavy (non-hydrogen) atoms. The average Bonchev–Trinajstić information content (AvgIpc) is 2.18. The summed E-state index contributed by atoms with van der Waals surface area (Å²) >= 11 is 1.04. The zero-order valence-electron chi connectivity index (χ0n) is 8.24. The summed E-state index contributed by atoms with van der Waals surface area (Å²) in [5, 5.41) is 0.698. The van der Waals surface area contributed by atoms with Crippen LogP contribution in [0.5, 0.6) is 0 Å². The molecule has 4 heteroatoms. The van der Waals surface area contributed by atoms with Crippen LogP contribution in [0, 0.1) is 0 Å². The van der Waals surface area contributed by atoms with Crippen LogP contribution < -0.4 is 17.0 Å². The maximum absolute atomic E-state index is 11.3. The van der Waals surface area contributed by atoms with Gasteiger partial charge in [0.25, 0.3) is 0 Å². The predicted molar refractivity (Wildman–Crippen MR) is 47.7 cm³/mol. The van der Waals surface area contributed by atoms with Gasteiger partial charge in [-0.2, -0.15) is 0 Å². The number of halogens is 1. The molecule has 0 unspecified atom stereocenters. The predicted octanol–water partition coefficient (Wildman–Crippen LogP) is -1.39. The molecule has 0 fully saturated rings. The van der Waals surface area contributed by atoms with Gasteiger partial charge >= 0.3 is 88.4 Å². The molecule has 1 aromatic carbocycles. The van der Waals surface area contributed by atoms with E-state index in [1.165, 1.54) is 5.56 Å². The van der Waals surface area contributed by atoms with Crippen LogP contribution in [0.2, 0.25) is 5.02 Å². The van der Waals surface area contributed by atoms with Crippen LogP contribution in [0.15, 0.2) is 30.3 Å². The largest absolute Gasteiger partial charge is 1.00 e. The summed E-state index contributed by atoms with van der Waals surface area (Å²) in [7, 11) is 1.85. The number of benzene rings is 1. The quantitative estimate of drug-likeness (QED) is 0.630. The van der Waals surface area contributed by atoms with Crippen molar-refractivity contribution in [1.82, 2.24) is 4.90 Å². The first-order valence-electron chi connectivity index (χ1n) is 4.31. The van der Waals surface area contributed by atoms with E-state index in [-0.39, 0.29) is 22.9 Å². The van der Waals surface area contributed by atoms with E-state index in [0.29, 0.717) is 5.02 Å². The van der Waals surface area contributed by atoms with Gasteiger partial charge in [-0.1, -0.05) is 0 Å². The van der Waals surface area contributed by atoms with E-state index in [0.717, 1.165) is 24.8 Å². The summed E-state index contributed by atoms with van der Waals surface area (Å²) in [6.45, 7) is 0.722. The second-order valence-corrected chi connectivity index (χ2v) is 4.03. The Morgan fingerprint density at radius 1 is 1.36 bits per heavy atom. The topological polar surface area (TPSA) is 20.3 Å². The molecule has 0 atom stereocenters. The molecule has 72 valence electrons. The first kappa shape index (κ1) is 13.8. The third kappa shape index (κ3) is 4.34. The number of rotatable bonds is 3. The molecular formula is C10H12BrNOZn. The van der Waals surface area contributed by atoms with Crippen molar-refractivity contribution < 1.29 is 40.1 Å². The van der Waals surface area contributed by atoms with Gasteiger partial charge in [-0.3, -0.25) is 0 Å². The van der Waals surface area contributed by atoms with Crippen molar-refractivity contribution >= 4 is 5.91 Å². The normalized spacial score (nSPS) is 9.07. The Bertz CT molecular complexity index is 279. The first-order chi connectivity index (χ1) is 6.24. The van der Waals surface area contributed by atoms with Gasteiger partial charge in [-0.05, 0) is 0 Å². The van der Waals surface area contributed by atoms with Gasteiger partial charge in [-0.15, -0.1) is 0 Å². The van der Waals surface area contributed by atoms with E-state index in [1.807, 2.05) is 37.4 Å². The van der Waals surface area contributed by atoms with Gasteiger partial charge in [0, 0.05) is 0 Å². The molecule has 0 saturated heterocycles. The number of amides is 1. The van der Waals surface area contributed by atoms with Crippen molar-refractivity contribution in [2.45, 2.75) is 11.6 Å². The molecule has 0 saturated carbocycles. The van der Waals surface area contributed by atoms with Gasteiger partial charge < -0.3 is 17.0 Å². The maximum atomic E-state index is 11.3. The Morgan fingerprint density at radius 2 is 1.93 bits per heavy atom. The summed E-state index contributed by atoms with van der Waals surface area (Å²) in [4.78, 5) is 13.0. The van der Waals surface area contributed by atoms with E-state index in [9.17, 15) is 4.79 Å². The van der Waals surface area contributed by atoms with Crippen molar-refractivity contribution in [2.24, 2.45) is 0 Å². The fourth-order valence-electron chi connectivity index (χ4n) is 1.14. The Balaban J connectivity index is 0.00000169. The van der Waals surface area contributed by atoms with Crippen molar-refractivity contribution in [1.29, 1.82) is 0 Å². The molecule has 2 nitrogen and oxygen atoms in total. The van der Waals surface area contributed by atoms with E-state index in [1.54, 1.807) is 4.90 Å². The van der Waals surface area contributed by atoms with Gasteiger partial charge in [-0.25, -0.2) is 0 Å². The van der Waals surface area contributed by atoms with Crippen LogP contribution in [-0.2, 0) is 29.6 Å². The van der Waals surface area contributed by atoms with Crippen LogP contribution in [-0.4, -0.2) is 17.9 Å². The number of carbonyl (C=O) groups is 1. The first-order valence-corrected chi connectivity index (χ1v) is 6.41. The van der Waals surface area contributed by atoms with Gasteiger partial charge in [0.2, 0.25) is 0 Å². The molecule has 0 aromatic heterocycles. The smallest absolute Gasteiger partial charge is 1.00 e. The van der Waals surface area contributed by atoms with Crippen LogP contribution in [0.1, 0.15) is 5.56 Å². The van der Waals surface area contributed by atoms with Crippen LogP contribution in [0.4, 0.5) is 0 Å². The molecule has 0 aliphatic carbocycles. The minimum absolute atomic E-state index is 0. The molecule has 1 rings (SSSR count). The summed E-state index contributed by atoms with van der Waals surface area (Å²) in [5.41, 5.74) is 1.19. The molecule has 1 aromatic rings. The number of carbonyl (C=O) groups excluding carboxylic acids is 1. The van der Waals surface area contributed by atoms with Crippen molar-refractivity contribution in [3.8, 4) is 0 Å². The van der Waals surface area contributed by atoms with Gasteiger partial charge in [0.05, 0.1) is 0 Å². The molecular weight excluding hydrogens is 295 g/mol. The number of hydrogen-bond donors (Lipinski definition) is 0. The SMILES string of the molecule is CN(Cc1ccccc1)C(=O)[CH2][Zn+].[Br-]. The number of nitrogens with zero attached hydrogens (tertiary/aromatic N) is 1. The van der Waals surface area contributed by atoms with E-state index >= 15 is 0 Å². The van der Waals surface area contributed by atoms with Crippen molar-refractivity contribution in [3.05, 3.63) is 35.9 Å². The van der Waals surface area contributed by atoms with E-state index in [4.69, 9.17) is 0 Å². The van der Waals surface area contributed by atoms with Crippen LogP contribution in [0.25, 0.3) is 0 Å². The second-order valence-electron chi connectivity index (χ2n) is 2.99. The van der Waals surface area contributed by atoms with E-state index in [2.05, 4.69) is 0 Å². The molecule has 0 N–H and O–H groups in total. The van der Waals surface area contributed by atoms with Crippen molar-refractivity contribution in [2.75, 3.05) is 7.05 Å². The number of hydrogen-bond acceptors (Lipinski definition) is 1. The Morgan fingerprint density at radius 3 is 2.43 bits per heavy atom. The maximum Gasteiger partial charge on any atom is -1.00 e. The molecule has 0 heterocycles. The molecule has 1 amide bonds. The monoisotopic (exact) mass is 305 g/mol. The summed E-state index contributed by atoms with van der Waals surface area (Å²) < 4.78 is 0. The standard InChI is InChI=1S/C10H12NO.BrH.Zn/c1-9(12)11(2)8-10-6-4-3-5-7-10;;/h3-7H,1,8H2,2H3;1H;/q;;+1/p-1. The molecule has 0 aliphatic rings. The van der Waals surface area contributed by atoms with Crippen molar-refractivity contribution in [3.63, 3.8) is 0 Å². The van der Waals surface area contributed by atoms with Gasteiger partial charge in [0.1, 0.15) is 0 Å². The molecule has 0 bridgehead atoms. The van der Waals surface area contributed by atoms with Crippen LogP contribution in [0.3, 0.4) is 0 Å². The molecule has 0 aliphatic heterocycles. The van der Waals surface area contributed by atoms with Crippen LogP contribution >= 0.6 is 0 Å². The second kappa shape index (κ2) is 7.13. The Kier molecular flexibility index (Phi) is 7.03. The summed E-state index contributed by atoms with van der Waals surface area (Å²) in [5.74, 6) is 0.240. The zero-order valence-corrected chi connectivity index (χ0v) is 12.8. The van der Waals surface area contributed by atoms with E-state index < -0.39 is 0 Å². The molecule has 0 spiro atoms.